The van der Waals surface area contributed by atoms with Gasteiger partial charge in [0.1, 0.15) is 5.82 Å². The number of allylic oxidation sites excluding steroid dienone is 1. The van der Waals surface area contributed by atoms with Gasteiger partial charge in [-0.15, -0.1) is 0 Å². The van der Waals surface area contributed by atoms with Crippen LogP contribution in [0, 0.1) is 17.7 Å². The Morgan fingerprint density at radius 2 is 2.27 bits per heavy atom. The third-order valence-electron chi connectivity index (χ3n) is 3.54. The van der Waals surface area contributed by atoms with Crippen molar-refractivity contribution in [1.29, 1.82) is 0 Å². The summed E-state index contributed by atoms with van der Waals surface area (Å²) < 4.78 is 13.0. The molecule has 0 aromatic heterocycles. The molecule has 2 heteroatoms. The first-order valence-electron chi connectivity index (χ1n) is 5.52. The molecule has 1 fully saturated rings. The van der Waals surface area contributed by atoms with E-state index in [2.05, 4.69) is 17.5 Å². The fourth-order valence-electron chi connectivity index (χ4n) is 2.68. The van der Waals surface area contributed by atoms with Crippen LogP contribution in [0.2, 0.25) is 0 Å². The van der Waals surface area contributed by atoms with Gasteiger partial charge in [0, 0.05) is 17.6 Å². The molecule has 0 saturated heterocycles. The summed E-state index contributed by atoms with van der Waals surface area (Å²) in [5, 5.41) is 3.40. The number of halogens is 1. The smallest absolute Gasteiger partial charge is 0.125 e. The van der Waals surface area contributed by atoms with E-state index in [1.165, 1.54) is 18.9 Å². The minimum atomic E-state index is -0.169. The van der Waals surface area contributed by atoms with Gasteiger partial charge in [0.2, 0.25) is 0 Å². The summed E-state index contributed by atoms with van der Waals surface area (Å²) >= 11 is 0. The molecule has 0 bridgehead atoms. The maximum absolute atomic E-state index is 13.0. The molecule has 0 amide bonds. The Labute approximate surface area is 89.0 Å². The second-order valence-corrected chi connectivity index (χ2v) is 4.50. The van der Waals surface area contributed by atoms with E-state index in [0.29, 0.717) is 12.0 Å². The van der Waals surface area contributed by atoms with E-state index in [0.717, 1.165) is 11.6 Å². The molecule has 2 aliphatic carbocycles. The molecule has 78 valence electrons. The quantitative estimate of drug-likeness (QED) is 0.728. The summed E-state index contributed by atoms with van der Waals surface area (Å²) in [5.74, 6) is 1.35. The van der Waals surface area contributed by atoms with Crippen molar-refractivity contribution < 1.29 is 4.39 Å². The van der Waals surface area contributed by atoms with E-state index >= 15 is 0 Å². The molecule has 0 spiro atoms. The Hall–Kier alpha value is -1.31. The summed E-state index contributed by atoms with van der Waals surface area (Å²) in [6, 6.07) is 7.22. The SMILES string of the molecule is Fc1cccc(NC2CC3CC=CC32)c1. The first-order valence-corrected chi connectivity index (χ1v) is 5.52. The normalized spacial score (nSPS) is 32.2. The third kappa shape index (κ3) is 1.54. The molecule has 2 aliphatic rings. The maximum atomic E-state index is 13.0. The lowest BCUT2D eigenvalue weighted by Gasteiger charge is -2.41. The van der Waals surface area contributed by atoms with Crippen molar-refractivity contribution in [3.05, 3.63) is 42.2 Å². The monoisotopic (exact) mass is 203 g/mol. The highest BCUT2D eigenvalue weighted by atomic mass is 19.1. The second kappa shape index (κ2) is 3.37. The standard InChI is InChI=1S/C13H14FN/c14-10-4-2-5-11(8-10)15-13-7-9-3-1-6-12(9)13/h1-2,4-6,8-9,12-13,15H,3,7H2. The van der Waals surface area contributed by atoms with Gasteiger partial charge in [-0.1, -0.05) is 18.2 Å². The van der Waals surface area contributed by atoms with Crippen LogP contribution < -0.4 is 5.32 Å². The molecule has 1 aromatic rings. The molecule has 1 saturated carbocycles. The van der Waals surface area contributed by atoms with Gasteiger partial charge in [0.25, 0.3) is 0 Å². The largest absolute Gasteiger partial charge is 0.382 e. The van der Waals surface area contributed by atoms with Crippen LogP contribution in [0.1, 0.15) is 12.8 Å². The fraction of sp³-hybridized carbons (Fsp3) is 0.385. The van der Waals surface area contributed by atoms with Gasteiger partial charge < -0.3 is 5.32 Å². The molecule has 1 nitrogen and oxygen atoms in total. The molecule has 15 heavy (non-hydrogen) atoms. The van der Waals surface area contributed by atoms with Crippen LogP contribution >= 0.6 is 0 Å². The molecule has 3 unspecified atom stereocenters. The minimum absolute atomic E-state index is 0.169. The Kier molecular flexibility index (Phi) is 2.01. The summed E-state index contributed by atoms with van der Waals surface area (Å²) in [7, 11) is 0. The molecular weight excluding hydrogens is 189 g/mol. The highest BCUT2D eigenvalue weighted by molar-refractivity contribution is 5.45. The predicted molar refractivity (Wildman–Crippen MR) is 59.2 cm³/mol. The van der Waals surface area contributed by atoms with Crippen molar-refractivity contribution in [3.8, 4) is 0 Å². The molecule has 0 heterocycles. The molecule has 1 N–H and O–H groups in total. The topological polar surface area (TPSA) is 12.0 Å². The van der Waals surface area contributed by atoms with Crippen LogP contribution in [0.3, 0.4) is 0 Å². The Morgan fingerprint density at radius 1 is 1.33 bits per heavy atom. The van der Waals surface area contributed by atoms with Gasteiger partial charge >= 0.3 is 0 Å². The number of rotatable bonds is 2. The van der Waals surface area contributed by atoms with Crippen molar-refractivity contribution in [3.63, 3.8) is 0 Å². The Bertz CT molecular complexity index is 399. The molecule has 1 aromatic carbocycles. The van der Waals surface area contributed by atoms with Crippen LogP contribution in [-0.2, 0) is 0 Å². The highest BCUT2D eigenvalue weighted by Crippen LogP contribution is 2.43. The molecule has 0 radical (unpaired) electrons. The lowest BCUT2D eigenvalue weighted by atomic mass is 9.71. The molecular formula is C13H14FN. The first kappa shape index (κ1) is 8.96. The van der Waals surface area contributed by atoms with Crippen LogP contribution in [0.25, 0.3) is 0 Å². The van der Waals surface area contributed by atoms with Gasteiger partial charge in [-0.3, -0.25) is 0 Å². The van der Waals surface area contributed by atoms with Crippen LogP contribution in [0.5, 0.6) is 0 Å². The lowest BCUT2D eigenvalue weighted by Crippen LogP contribution is -2.43. The van der Waals surface area contributed by atoms with E-state index in [1.807, 2.05) is 6.07 Å². The summed E-state index contributed by atoms with van der Waals surface area (Å²) in [4.78, 5) is 0. The molecule has 3 atom stereocenters. The zero-order valence-corrected chi connectivity index (χ0v) is 8.49. The summed E-state index contributed by atoms with van der Waals surface area (Å²) in [6.07, 6.45) is 7.01. The number of anilines is 1. The average molecular weight is 203 g/mol. The van der Waals surface area contributed by atoms with E-state index in [-0.39, 0.29) is 5.82 Å². The van der Waals surface area contributed by atoms with Gasteiger partial charge in [-0.25, -0.2) is 4.39 Å². The number of hydrogen-bond acceptors (Lipinski definition) is 1. The predicted octanol–water partition coefficient (Wildman–Crippen LogP) is 3.20. The van der Waals surface area contributed by atoms with Crippen LogP contribution in [0.15, 0.2) is 36.4 Å². The van der Waals surface area contributed by atoms with Crippen LogP contribution in [-0.4, -0.2) is 6.04 Å². The zero-order valence-electron chi connectivity index (χ0n) is 8.49. The lowest BCUT2D eigenvalue weighted by molar-refractivity contribution is 0.218. The number of hydrogen-bond donors (Lipinski definition) is 1. The van der Waals surface area contributed by atoms with Gasteiger partial charge in [0.05, 0.1) is 0 Å². The van der Waals surface area contributed by atoms with Gasteiger partial charge in [-0.2, -0.15) is 0 Å². The van der Waals surface area contributed by atoms with Crippen molar-refractivity contribution >= 4 is 5.69 Å². The van der Waals surface area contributed by atoms with Gasteiger partial charge in [0.15, 0.2) is 0 Å². The number of fused-ring (bicyclic) bond motifs is 1. The van der Waals surface area contributed by atoms with Gasteiger partial charge in [-0.05, 0) is 37.0 Å². The zero-order chi connectivity index (χ0) is 10.3. The molecule has 3 rings (SSSR count). The van der Waals surface area contributed by atoms with E-state index in [4.69, 9.17) is 0 Å². The number of benzene rings is 1. The average Bonchev–Trinajstić information content (AvgIpc) is 2.56. The highest BCUT2D eigenvalue weighted by Gasteiger charge is 2.40. The number of nitrogens with one attached hydrogen (secondary N) is 1. The fourth-order valence-corrected chi connectivity index (χ4v) is 2.68. The van der Waals surface area contributed by atoms with Crippen molar-refractivity contribution in [2.75, 3.05) is 5.32 Å². The van der Waals surface area contributed by atoms with Crippen LogP contribution in [0.4, 0.5) is 10.1 Å². The van der Waals surface area contributed by atoms with Crippen molar-refractivity contribution in [1.82, 2.24) is 0 Å². The second-order valence-electron chi connectivity index (χ2n) is 4.50. The summed E-state index contributed by atoms with van der Waals surface area (Å²) in [6.45, 7) is 0. The third-order valence-corrected chi connectivity index (χ3v) is 3.54. The molecule has 0 aliphatic heterocycles. The van der Waals surface area contributed by atoms with E-state index < -0.39 is 0 Å². The maximum Gasteiger partial charge on any atom is 0.125 e. The minimum Gasteiger partial charge on any atom is -0.382 e. The Balaban J connectivity index is 1.69. The van der Waals surface area contributed by atoms with Crippen molar-refractivity contribution in [2.24, 2.45) is 11.8 Å². The summed E-state index contributed by atoms with van der Waals surface area (Å²) in [5.41, 5.74) is 0.902. The van der Waals surface area contributed by atoms with Crippen molar-refractivity contribution in [2.45, 2.75) is 18.9 Å². The van der Waals surface area contributed by atoms with E-state index in [9.17, 15) is 4.39 Å². The van der Waals surface area contributed by atoms with E-state index in [1.54, 1.807) is 12.1 Å². The first-order chi connectivity index (χ1) is 7.33. The Morgan fingerprint density at radius 3 is 3.07 bits per heavy atom.